The van der Waals surface area contributed by atoms with E-state index in [1.54, 1.807) is 0 Å². The lowest BCUT2D eigenvalue weighted by atomic mass is 9.78. The van der Waals surface area contributed by atoms with Crippen molar-refractivity contribution in [3.8, 4) is 0 Å². The van der Waals surface area contributed by atoms with Crippen LogP contribution in [-0.2, 0) is 4.74 Å². The predicted octanol–water partition coefficient (Wildman–Crippen LogP) is 1.08. The molecule has 0 bridgehead atoms. The van der Waals surface area contributed by atoms with Gasteiger partial charge in [0.15, 0.2) is 0 Å². The fourth-order valence-electron chi connectivity index (χ4n) is 3.04. The molecule has 15 heavy (non-hydrogen) atoms. The number of rotatable bonds is 2. The Morgan fingerprint density at radius 2 is 2.00 bits per heavy atom. The second kappa shape index (κ2) is 5.28. The minimum absolute atomic E-state index is 0.722. The van der Waals surface area contributed by atoms with Crippen LogP contribution in [-0.4, -0.2) is 43.8 Å². The van der Waals surface area contributed by atoms with E-state index in [-0.39, 0.29) is 0 Å². The number of nitrogens with zero attached hydrogens (tertiary/aromatic N) is 1. The van der Waals surface area contributed by atoms with Crippen LogP contribution in [0.25, 0.3) is 0 Å². The maximum absolute atomic E-state index is 5.89. The van der Waals surface area contributed by atoms with E-state index >= 15 is 0 Å². The number of hydrogen-bond donors (Lipinski definition) is 1. The van der Waals surface area contributed by atoms with Gasteiger partial charge >= 0.3 is 0 Å². The van der Waals surface area contributed by atoms with E-state index in [0.29, 0.717) is 0 Å². The van der Waals surface area contributed by atoms with Crippen LogP contribution in [0.15, 0.2) is 0 Å². The van der Waals surface area contributed by atoms with E-state index < -0.39 is 0 Å². The van der Waals surface area contributed by atoms with Gasteiger partial charge in [-0.3, -0.25) is 4.90 Å². The summed E-state index contributed by atoms with van der Waals surface area (Å²) in [7, 11) is 0. The Kier molecular flexibility index (Phi) is 4.00. The van der Waals surface area contributed by atoms with Crippen molar-refractivity contribution in [1.82, 2.24) is 4.90 Å². The number of hydrogen-bond acceptors (Lipinski definition) is 3. The number of morpholine rings is 1. The molecule has 0 aromatic carbocycles. The van der Waals surface area contributed by atoms with E-state index in [9.17, 15) is 0 Å². The molecule has 1 saturated carbocycles. The van der Waals surface area contributed by atoms with Gasteiger partial charge in [-0.15, -0.1) is 0 Å². The van der Waals surface area contributed by atoms with Gasteiger partial charge in [0, 0.05) is 19.1 Å². The van der Waals surface area contributed by atoms with Gasteiger partial charge < -0.3 is 10.5 Å². The fraction of sp³-hybridized carbons (Fsp3) is 1.00. The number of ether oxygens (including phenoxy) is 1. The molecule has 0 aromatic heterocycles. The van der Waals surface area contributed by atoms with Gasteiger partial charge in [-0.05, 0) is 31.2 Å². The summed E-state index contributed by atoms with van der Waals surface area (Å²) in [5.74, 6) is 1.60. The van der Waals surface area contributed by atoms with Crippen LogP contribution in [0.2, 0.25) is 0 Å². The molecule has 2 N–H and O–H groups in total. The summed E-state index contributed by atoms with van der Waals surface area (Å²) in [4.78, 5) is 2.61. The lowest BCUT2D eigenvalue weighted by Crippen LogP contribution is -2.50. The first-order valence-corrected chi connectivity index (χ1v) is 6.33. The first-order valence-electron chi connectivity index (χ1n) is 6.33. The van der Waals surface area contributed by atoms with Crippen molar-refractivity contribution < 1.29 is 4.74 Å². The lowest BCUT2D eigenvalue weighted by Gasteiger charge is -2.43. The van der Waals surface area contributed by atoms with E-state index in [1.165, 1.54) is 19.3 Å². The maximum Gasteiger partial charge on any atom is 0.0594 e. The molecule has 0 aromatic rings. The Morgan fingerprint density at radius 1 is 1.27 bits per heavy atom. The Hall–Kier alpha value is -0.120. The molecule has 3 unspecified atom stereocenters. The quantitative estimate of drug-likeness (QED) is 0.744. The van der Waals surface area contributed by atoms with Crippen LogP contribution in [0.3, 0.4) is 0 Å². The number of nitrogens with two attached hydrogens (primary N) is 1. The summed E-state index contributed by atoms with van der Waals surface area (Å²) in [6.07, 6.45) is 4.02. The highest BCUT2D eigenvalue weighted by molar-refractivity contribution is 4.87. The van der Waals surface area contributed by atoms with Crippen LogP contribution in [0.1, 0.15) is 26.2 Å². The average Bonchev–Trinajstić information content (AvgIpc) is 2.30. The van der Waals surface area contributed by atoms with Gasteiger partial charge in [-0.25, -0.2) is 0 Å². The summed E-state index contributed by atoms with van der Waals surface area (Å²) in [6, 6.07) is 0.725. The Labute approximate surface area is 93.0 Å². The molecule has 0 spiro atoms. The molecule has 2 fully saturated rings. The molecule has 1 saturated heterocycles. The molecule has 0 radical (unpaired) electrons. The molecular weight excluding hydrogens is 188 g/mol. The van der Waals surface area contributed by atoms with Gasteiger partial charge in [0.1, 0.15) is 0 Å². The first kappa shape index (κ1) is 11.4. The summed E-state index contributed by atoms with van der Waals surface area (Å²) < 4.78 is 5.41. The first-order chi connectivity index (χ1) is 7.31. The molecule has 3 nitrogen and oxygen atoms in total. The topological polar surface area (TPSA) is 38.5 Å². The molecule has 3 heteroatoms. The van der Waals surface area contributed by atoms with E-state index in [0.717, 1.165) is 50.7 Å². The minimum atomic E-state index is 0.722. The van der Waals surface area contributed by atoms with Gasteiger partial charge in [0.05, 0.1) is 13.2 Å². The normalized spacial score (nSPS) is 39.2. The van der Waals surface area contributed by atoms with Crippen LogP contribution in [0.5, 0.6) is 0 Å². The van der Waals surface area contributed by atoms with Crippen molar-refractivity contribution in [2.45, 2.75) is 32.2 Å². The van der Waals surface area contributed by atoms with Crippen LogP contribution >= 0.6 is 0 Å². The fourth-order valence-corrected chi connectivity index (χ4v) is 3.04. The zero-order valence-electron chi connectivity index (χ0n) is 9.82. The van der Waals surface area contributed by atoms with Crippen molar-refractivity contribution in [3.63, 3.8) is 0 Å². The summed E-state index contributed by atoms with van der Waals surface area (Å²) in [5, 5.41) is 0. The van der Waals surface area contributed by atoms with Crippen molar-refractivity contribution in [3.05, 3.63) is 0 Å². The molecule has 2 rings (SSSR count). The second-order valence-electron chi connectivity index (χ2n) is 5.13. The zero-order chi connectivity index (χ0) is 10.7. The third kappa shape index (κ3) is 2.71. The molecule has 2 aliphatic rings. The molecule has 0 amide bonds. The van der Waals surface area contributed by atoms with Crippen molar-refractivity contribution >= 4 is 0 Å². The third-order valence-electron chi connectivity index (χ3n) is 4.04. The Morgan fingerprint density at radius 3 is 2.67 bits per heavy atom. The molecule has 3 atom stereocenters. The van der Waals surface area contributed by atoms with E-state index in [1.807, 2.05) is 0 Å². The SMILES string of the molecule is CC1CCC(CN)C(N2CCOCC2)C1. The molecular formula is C12H24N2O. The van der Waals surface area contributed by atoms with E-state index in [2.05, 4.69) is 11.8 Å². The van der Waals surface area contributed by atoms with Crippen molar-refractivity contribution in [2.24, 2.45) is 17.6 Å². The highest BCUT2D eigenvalue weighted by Crippen LogP contribution is 2.31. The van der Waals surface area contributed by atoms with Gasteiger partial charge in [0.2, 0.25) is 0 Å². The van der Waals surface area contributed by atoms with E-state index in [4.69, 9.17) is 10.5 Å². The van der Waals surface area contributed by atoms with Crippen LogP contribution in [0, 0.1) is 11.8 Å². The van der Waals surface area contributed by atoms with Crippen LogP contribution < -0.4 is 5.73 Å². The summed E-state index contributed by atoms with van der Waals surface area (Å²) in [5.41, 5.74) is 5.89. The lowest BCUT2D eigenvalue weighted by molar-refractivity contribution is -0.0122. The smallest absolute Gasteiger partial charge is 0.0594 e. The van der Waals surface area contributed by atoms with Crippen molar-refractivity contribution in [1.29, 1.82) is 0 Å². The largest absolute Gasteiger partial charge is 0.379 e. The highest BCUT2D eigenvalue weighted by atomic mass is 16.5. The maximum atomic E-state index is 5.89. The van der Waals surface area contributed by atoms with Crippen LogP contribution in [0.4, 0.5) is 0 Å². The average molecular weight is 212 g/mol. The summed E-state index contributed by atoms with van der Waals surface area (Å²) in [6.45, 7) is 7.25. The monoisotopic (exact) mass is 212 g/mol. The standard InChI is InChI=1S/C12H24N2O/c1-10-2-3-11(9-13)12(8-10)14-4-6-15-7-5-14/h10-12H,2-9,13H2,1H3. The van der Waals surface area contributed by atoms with Gasteiger partial charge in [0.25, 0.3) is 0 Å². The predicted molar refractivity (Wildman–Crippen MR) is 61.7 cm³/mol. The minimum Gasteiger partial charge on any atom is -0.379 e. The second-order valence-corrected chi connectivity index (χ2v) is 5.13. The Bertz CT molecular complexity index is 192. The van der Waals surface area contributed by atoms with Gasteiger partial charge in [-0.1, -0.05) is 13.3 Å². The molecule has 1 aliphatic heterocycles. The Balaban J connectivity index is 1.95. The third-order valence-corrected chi connectivity index (χ3v) is 4.04. The summed E-state index contributed by atoms with van der Waals surface area (Å²) >= 11 is 0. The van der Waals surface area contributed by atoms with Gasteiger partial charge in [-0.2, -0.15) is 0 Å². The molecule has 88 valence electrons. The molecule has 1 heterocycles. The molecule has 1 aliphatic carbocycles. The zero-order valence-corrected chi connectivity index (χ0v) is 9.82. The van der Waals surface area contributed by atoms with Crippen molar-refractivity contribution in [2.75, 3.05) is 32.8 Å². The highest BCUT2D eigenvalue weighted by Gasteiger charge is 2.32.